The predicted molar refractivity (Wildman–Crippen MR) is 134 cm³/mol. The number of rotatable bonds is 8. The van der Waals surface area contributed by atoms with E-state index in [1.54, 1.807) is 31.4 Å². The van der Waals surface area contributed by atoms with E-state index in [0.29, 0.717) is 23.4 Å². The molecule has 0 bridgehead atoms. The van der Waals surface area contributed by atoms with Gasteiger partial charge in [0.2, 0.25) is 0 Å². The van der Waals surface area contributed by atoms with Crippen molar-refractivity contribution < 1.29 is 14.3 Å². The molecule has 3 aromatic carbocycles. The van der Waals surface area contributed by atoms with Gasteiger partial charge >= 0.3 is 0 Å². The summed E-state index contributed by atoms with van der Waals surface area (Å²) in [5, 5.41) is 6.04. The molecule has 2 N–H and O–H groups in total. The van der Waals surface area contributed by atoms with Crippen LogP contribution in [0.4, 0.5) is 5.69 Å². The largest absolute Gasteiger partial charge is 0.496 e. The van der Waals surface area contributed by atoms with Crippen LogP contribution in [0.3, 0.4) is 0 Å². The van der Waals surface area contributed by atoms with Crippen molar-refractivity contribution in [3.8, 4) is 5.75 Å². The molecule has 1 aliphatic heterocycles. The maximum atomic E-state index is 13.1. The molecule has 1 saturated heterocycles. The summed E-state index contributed by atoms with van der Waals surface area (Å²) in [6.45, 7) is 4.38. The molecule has 1 aliphatic rings. The molecule has 1 unspecified atom stereocenters. The van der Waals surface area contributed by atoms with Crippen LogP contribution in [0.15, 0.2) is 72.8 Å². The summed E-state index contributed by atoms with van der Waals surface area (Å²) in [6, 6.07) is 22.4. The average Bonchev–Trinajstić information content (AvgIpc) is 3.41. The molecule has 1 heterocycles. The number of methoxy groups -OCH3 is 1. The molecule has 0 radical (unpaired) electrons. The smallest absolute Gasteiger partial charge is 0.255 e. The lowest BCUT2D eigenvalue weighted by Gasteiger charge is -2.29. The number of aryl methyl sites for hydroxylation is 1. The molecule has 176 valence electrons. The summed E-state index contributed by atoms with van der Waals surface area (Å²) in [5.74, 6) is 0.454. The van der Waals surface area contributed by atoms with Crippen LogP contribution in [0.5, 0.6) is 5.75 Å². The van der Waals surface area contributed by atoms with Crippen LogP contribution in [0, 0.1) is 6.92 Å². The van der Waals surface area contributed by atoms with Crippen LogP contribution < -0.4 is 15.4 Å². The van der Waals surface area contributed by atoms with Gasteiger partial charge in [-0.3, -0.25) is 14.5 Å². The van der Waals surface area contributed by atoms with Crippen molar-refractivity contribution in [3.05, 3.63) is 95.1 Å². The third kappa shape index (κ3) is 5.46. The summed E-state index contributed by atoms with van der Waals surface area (Å²) < 4.78 is 5.60. The van der Waals surface area contributed by atoms with Crippen molar-refractivity contribution in [2.75, 3.05) is 32.1 Å². The van der Waals surface area contributed by atoms with Gasteiger partial charge in [0.1, 0.15) is 5.75 Å². The molecule has 0 aliphatic carbocycles. The Hall–Kier alpha value is -3.64. The zero-order valence-corrected chi connectivity index (χ0v) is 19.7. The number of anilines is 1. The third-order valence-corrected chi connectivity index (χ3v) is 6.32. The summed E-state index contributed by atoms with van der Waals surface area (Å²) in [6.07, 6.45) is 2.31. The second kappa shape index (κ2) is 11.0. The van der Waals surface area contributed by atoms with Crippen molar-refractivity contribution in [2.45, 2.75) is 25.8 Å². The highest BCUT2D eigenvalue weighted by atomic mass is 16.5. The Morgan fingerprint density at radius 2 is 1.62 bits per heavy atom. The van der Waals surface area contributed by atoms with Crippen LogP contribution in [0.2, 0.25) is 0 Å². The van der Waals surface area contributed by atoms with E-state index in [-0.39, 0.29) is 17.9 Å². The van der Waals surface area contributed by atoms with E-state index < -0.39 is 0 Å². The number of para-hydroxylation sites is 1. The second-order valence-electron chi connectivity index (χ2n) is 8.56. The molecule has 34 heavy (non-hydrogen) atoms. The van der Waals surface area contributed by atoms with E-state index in [1.165, 1.54) is 0 Å². The minimum absolute atomic E-state index is 0.0327. The van der Waals surface area contributed by atoms with Crippen molar-refractivity contribution in [2.24, 2.45) is 0 Å². The Morgan fingerprint density at radius 3 is 2.35 bits per heavy atom. The molecule has 1 fully saturated rings. The normalized spacial score (nSPS) is 14.4. The Balaban J connectivity index is 1.49. The van der Waals surface area contributed by atoms with Gasteiger partial charge in [-0.25, -0.2) is 0 Å². The molecule has 4 rings (SSSR count). The molecule has 0 saturated carbocycles. The van der Waals surface area contributed by atoms with Crippen LogP contribution >= 0.6 is 0 Å². The molecule has 0 spiro atoms. The summed E-state index contributed by atoms with van der Waals surface area (Å²) in [7, 11) is 1.68. The number of amides is 2. The van der Waals surface area contributed by atoms with Crippen LogP contribution in [-0.2, 0) is 0 Å². The number of carbonyl (C=O) groups excluding carboxylic acids is 2. The first-order valence-corrected chi connectivity index (χ1v) is 11.7. The maximum absolute atomic E-state index is 13.1. The van der Waals surface area contributed by atoms with Gasteiger partial charge in [0, 0.05) is 28.9 Å². The van der Waals surface area contributed by atoms with E-state index >= 15 is 0 Å². The highest BCUT2D eigenvalue weighted by Gasteiger charge is 2.26. The SMILES string of the molecule is COc1ccccc1C(CNC(=O)c1ccc(C)c(NC(=O)c2ccccc2)c1)N1CCCC1. The average molecular weight is 458 g/mol. The number of likely N-dealkylation sites (tertiary alicyclic amines) is 1. The van der Waals surface area contributed by atoms with Gasteiger partial charge < -0.3 is 15.4 Å². The van der Waals surface area contributed by atoms with Gasteiger partial charge in [-0.15, -0.1) is 0 Å². The van der Waals surface area contributed by atoms with Crippen molar-refractivity contribution in [1.29, 1.82) is 0 Å². The topological polar surface area (TPSA) is 70.7 Å². The minimum atomic E-state index is -0.202. The number of ether oxygens (including phenoxy) is 1. The van der Waals surface area contributed by atoms with Gasteiger partial charge in [-0.2, -0.15) is 0 Å². The first-order valence-electron chi connectivity index (χ1n) is 11.7. The fraction of sp³-hybridized carbons (Fsp3) is 0.286. The maximum Gasteiger partial charge on any atom is 0.255 e. The fourth-order valence-corrected chi connectivity index (χ4v) is 4.40. The van der Waals surface area contributed by atoms with Crippen molar-refractivity contribution in [1.82, 2.24) is 10.2 Å². The zero-order chi connectivity index (χ0) is 23.9. The van der Waals surface area contributed by atoms with E-state index in [9.17, 15) is 9.59 Å². The molecule has 2 amide bonds. The number of hydrogen-bond donors (Lipinski definition) is 2. The lowest BCUT2D eigenvalue weighted by Crippen LogP contribution is -2.37. The van der Waals surface area contributed by atoms with E-state index in [4.69, 9.17) is 4.74 Å². The molecule has 6 heteroatoms. The lowest BCUT2D eigenvalue weighted by atomic mass is 10.0. The third-order valence-electron chi connectivity index (χ3n) is 6.32. The number of nitrogens with one attached hydrogen (secondary N) is 2. The Kier molecular flexibility index (Phi) is 7.60. The van der Waals surface area contributed by atoms with Crippen LogP contribution in [0.25, 0.3) is 0 Å². The Morgan fingerprint density at radius 1 is 0.912 bits per heavy atom. The second-order valence-corrected chi connectivity index (χ2v) is 8.56. The molecule has 3 aromatic rings. The number of hydrogen-bond acceptors (Lipinski definition) is 4. The highest BCUT2D eigenvalue weighted by molar-refractivity contribution is 6.05. The van der Waals surface area contributed by atoms with Crippen LogP contribution in [-0.4, -0.2) is 43.5 Å². The van der Waals surface area contributed by atoms with Crippen LogP contribution in [0.1, 0.15) is 50.7 Å². The van der Waals surface area contributed by atoms with Crippen molar-refractivity contribution in [3.63, 3.8) is 0 Å². The number of carbonyl (C=O) groups is 2. The lowest BCUT2D eigenvalue weighted by molar-refractivity contribution is 0.0936. The number of nitrogens with zero attached hydrogens (tertiary/aromatic N) is 1. The summed E-state index contributed by atoms with van der Waals surface area (Å²) in [4.78, 5) is 28.1. The van der Waals surface area contributed by atoms with Crippen molar-refractivity contribution >= 4 is 17.5 Å². The van der Waals surface area contributed by atoms with E-state index in [0.717, 1.165) is 42.8 Å². The predicted octanol–water partition coefficient (Wildman–Crippen LogP) is 4.82. The highest BCUT2D eigenvalue weighted by Crippen LogP contribution is 2.31. The van der Waals surface area contributed by atoms with E-state index in [2.05, 4.69) is 21.6 Å². The molecular weight excluding hydrogens is 426 g/mol. The quantitative estimate of drug-likeness (QED) is 0.509. The monoisotopic (exact) mass is 457 g/mol. The summed E-state index contributed by atoms with van der Waals surface area (Å²) in [5.41, 5.74) is 3.68. The standard InChI is InChI=1S/C28H31N3O3/c1-20-14-15-22(18-24(20)30-28(33)21-10-4-3-5-11-21)27(32)29-19-25(31-16-8-9-17-31)23-12-6-7-13-26(23)34-2/h3-7,10-15,18,25H,8-9,16-17,19H2,1-2H3,(H,29,32)(H,30,33). The molecule has 1 atom stereocenters. The molecule has 6 nitrogen and oxygen atoms in total. The van der Waals surface area contributed by atoms with Gasteiger partial charge in [-0.1, -0.05) is 42.5 Å². The Bertz CT molecular complexity index is 1140. The number of benzene rings is 3. The van der Waals surface area contributed by atoms with Gasteiger partial charge in [0.25, 0.3) is 11.8 Å². The fourth-order valence-electron chi connectivity index (χ4n) is 4.40. The van der Waals surface area contributed by atoms with Gasteiger partial charge in [0.15, 0.2) is 0 Å². The minimum Gasteiger partial charge on any atom is -0.496 e. The van der Waals surface area contributed by atoms with Gasteiger partial charge in [0.05, 0.1) is 13.2 Å². The first-order chi connectivity index (χ1) is 16.6. The van der Waals surface area contributed by atoms with E-state index in [1.807, 2.05) is 49.4 Å². The van der Waals surface area contributed by atoms with Gasteiger partial charge in [-0.05, 0) is 68.8 Å². The first kappa shape index (κ1) is 23.5. The summed E-state index contributed by atoms with van der Waals surface area (Å²) >= 11 is 0. The molecule has 0 aromatic heterocycles. The Labute approximate surface area is 200 Å². The molecular formula is C28H31N3O3. The zero-order valence-electron chi connectivity index (χ0n) is 19.7.